The number of aromatic nitrogens is 1. The number of pyridine rings is 1. The van der Waals surface area contributed by atoms with E-state index < -0.39 is 0 Å². The molecule has 0 aromatic carbocycles. The van der Waals surface area contributed by atoms with Crippen molar-refractivity contribution in [2.24, 2.45) is 5.92 Å². The van der Waals surface area contributed by atoms with Crippen LogP contribution in [0.15, 0.2) is 12.1 Å². The molecule has 6 heteroatoms. The first kappa shape index (κ1) is 15.1. The lowest BCUT2D eigenvalue weighted by atomic mass is 9.98. The van der Waals surface area contributed by atoms with Crippen molar-refractivity contribution < 1.29 is 4.79 Å². The first-order valence-corrected chi connectivity index (χ1v) is 7.28. The molecule has 5 nitrogen and oxygen atoms in total. The van der Waals surface area contributed by atoms with E-state index in [1.165, 1.54) is 12.8 Å². The Labute approximate surface area is 124 Å². The van der Waals surface area contributed by atoms with Crippen LogP contribution in [0, 0.1) is 5.92 Å². The Morgan fingerprint density at radius 1 is 1.55 bits per heavy atom. The number of hydrogen-bond acceptors (Lipinski definition) is 4. The molecule has 1 aliphatic rings. The van der Waals surface area contributed by atoms with Crippen LogP contribution in [0.5, 0.6) is 0 Å². The smallest absolute Gasteiger partial charge is 0.251 e. The first-order valence-electron chi connectivity index (χ1n) is 6.90. The van der Waals surface area contributed by atoms with Crippen LogP contribution in [0.4, 0.5) is 5.82 Å². The summed E-state index contributed by atoms with van der Waals surface area (Å²) in [6, 6.07) is 3.29. The SMILES string of the molecule is CNc1cc(C(=O)NCC2CCCN(C)C2)cc(Cl)n1. The summed E-state index contributed by atoms with van der Waals surface area (Å²) in [4.78, 5) is 18.5. The molecule has 1 aliphatic heterocycles. The van der Waals surface area contributed by atoms with E-state index in [4.69, 9.17) is 11.6 Å². The molecular weight excluding hydrogens is 276 g/mol. The van der Waals surface area contributed by atoms with Gasteiger partial charge in [-0.2, -0.15) is 0 Å². The number of amides is 1. The maximum absolute atomic E-state index is 12.2. The second-order valence-corrected chi connectivity index (χ2v) is 5.68. The summed E-state index contributed by atoms with van der Waals surface area (Å²) >= 11 is 5.90. The predicted octanol–water partition coefficient (Wildman–Crippen LogP) is 1.85. The third-order valence-corrected chi connectivity index (χ3v) is 3.78. The van der Waals surface area contributed by atoms with Crippen LogP contribution in [0.2, 0.25) is 5.15 Å². The van der Waals surface area contributed by atoms with Crippen molar-refractivity contribution in [3.8, 4) is 0 Å². The molecule has 1 fully saturated rings. The van der Waals surface area contributed by atoms with Gasteiger partial charge in [0.1, 0.15) is 11.0 Å². The minimum Gasteiger partial charge on any atom is -0.373 e. The minimum atomic E-state index is -0.0981. The number of hydrogen-bond donors (Lipinski definition) is 2. The van der Waals surface area contributed by atoms with Crippen LogP contribution in [0.25, 0.3) is 0 Å². The number of carbonyl (C=O) groups excluding carboxylic acids is 1. The van der Waals surface area contributed by atoms with E-state index in [-0.39, 0.29) is 5.91 Å². The van der Waals surface area contributed by atoms with E-state index in [1.54, 1.807) is 19.2 Å². The summed E-state index contributed by atoms with van der Waals surface area (Å²) in [5.74, 6) is 1.03. The van der Waals surface area contributed by atoms with Gasteiger partial charge in [0.25, 0.3) is 5.91 Å². The largest absolute Gasteiger partial charge is 0.373 e. The topological polar surface area (TPSA) is 57.3 Å². The minimum absolute atomic E-state index is 0.0981. The van der Waals surface area contributed by atoms with Gasteiger partial charge < -0.3 is 15.5 Å². The first-order chi connectivity index (χ1) is 9.58. The van der Waals surface area contributed by atoms with Crippen molar-refractivity contribution in [2.45, 2.75) is 12.8 Å². The van der Waals surface area contributed by atoms with Crippen LogP contribution in [0.3, 0.4) is 0 Å². The number of likely N-dealkylation sites (tertiary alicyclic amines) is 1. The van der Waals surface area contributed by atoms with E-state index in [1.807, 2.05) is 0 Å². The van der Waals surface area contributed by atoms with Gasteiger partial charge in [-0.05, 0) is 44.5 Å². The van der Waals surface area contributed by atoms with Crippen LogP contribution < -0.4 is 10.6 Å². The van der Waals surface area contributed by atoms with Crippen molar-refractivity contribution in [3.63, 3.8) is 0 Å². The molecule has 1 atom stereocenters. The average molecular weight is 297 g/mol. The molecule has 20 heavy (non-hydrogen) atoms. The van der Waals surface area contributed by atoms with Crippen molar-refractivity contribution in [3.05, 3.63) is 22.8 Å². The van der Waals surface area contributed by atoms with E-state index in [0.717, 1.165) is 13.1 Å². The van der Waals surface area contributed by atoms with Gasteiger partial charge in [0, 0.05) is 25.7 Å². The fraction of sp³-hybridized carbons (Fsp3) is 0.571. The fourth-order valence-electron chi connectivity index (χ4n) is 2.53. The molecule has 0 bridgehead atoms. The molecule has 2 heterocycles. The number of carbonyl (C=O) groups is 1. The van der Waals surface area contributed by atoms with Gasteiger partial charge in [-0.1, -0.05) is 11.6 Å². The monoisotopic (exact) mass is 296 g/mol. The lowest BCUT2D eigenvalue weighted by molar-refractivity contribution is 0.0937. The molecule has 0 aliphatic carbocycles. The number of rotatable bonds is 4. The predicted molar refractivity (Wildman–Crippen MR) is 81.3 cm³/mol. The molecule has 110 valence electrons. The Hall–Kier alpha value is -1.33. The Morgan fingerprint density at radius 2 is 2.35 bits per heavy atom. The summed E-state index contributed by atoms with van der Waals surface area (Å²) in [6.45, 7) is 2.90. The van der Waals surface area contributed by atoms with Crippen LogP contribution >= 0.6 is 11.6 Å². The molecule has 2 rings (SSSR count). The number of nitrogens with one attached hydrogen (secondary N) is 2. The quantitative estimate of drug-likeness (QED) is 0.833. The molecule has 0 saturated carbocycles. The molecular formula is C14H21ClN4O. The Balaban J connectivity index is 1.93. The van der Waals surface area contributed by atoms with Gasteiger partial charge in [-0.15, -0.1) is 0 Å². The summed E-state index contributed by atoms with van der Waals surface area (Å²) in [7, 11) is 3.87. The summed E-state index contributed by atoms with van der Waals surface area (Å²) in [5, 5.41) is 6.20. The number of halogens is 1. The molecule has 0 spiro atoms. The van der Waals surface area contributed by atoms with Crippen LogP contribution in [0.1, 0.15) is 23.2 Å². The molecule has 1 saturated heterocycles. The van der Waals surface area contributed by atoms with Gasteiger partial charge in [-0.3, -0.25) is 4.79 Å². The van der Waals surface area contributed by atoms with E-state index >= 15 is 0 Å². The van der Waals surface area contributed by atoms with Crippen LogP contribution in [-0.2, 0) is 0 Å². The summed E-state index contributed by atoms with van der Waals surface area (Å²) in [5.41, 5.74) is 0.540. The standard InChI is InChI=1S/C14H21ClN4O/c1-16-13-7-11(6-12(15)18-13)14(20)17-8-10-4-3-5-19(2)9-10/h6-7,10H,3-5,8-9H2,1-2H3,(H,16,18)(H,17,20). The molecule has 1 aromatic heterocycles. The third-order valence-electron chi connectivity index (χ3n) is 3.59. The second kappa shape index (κ2) is 6.90. The summed E-state index contributed by atoms with van der Waals surface area (Å²) in [6.07, 6.45) is 2.37. The Morgan fingerprint density at radius 3 is 3.05 bits per heavy atom. The lowest BCUT2D eigenvalue weighted by Gasteiger charge is -2.29. The maximum Gasteiger partial charge on any atom is 0.251 e. The highest BCUT2D eigenvalue weighted by molar-refractivity contribution is 6.29. The van der Waals surface area contributed by atoms with Gasteiger partial charge in [0.2, 0.25) is 0 Å². The normalized spacial score (nSPS) is 19.6. The fourth-order valence-corrected chi connectivity index (χ4v) is 2.74. The Bertz CT molecular complexity index is 480. The van der Waals surface area contributed by atoms with Gasteiger partial charge in [0.05, 0.1) is 0 Å². The molecule has 2 N–H and O–H groups in total. The highest BCUT2D eigenvalue weighted by Gasteiger charge is 2.18. The zero-order valence-electron chi connectivity index (χ0n) is 11.9. The zero-order valence-corrected chi connectivity index (χ0v) is 12.7. The van der Waals surface area contributed by atoms with Crippen LogP contribution in [-0.4, -0.2) is 49.5 Å². The van der Waals surface area contributed by atoms with E-state index in [0.29, 0.717) is 29.0 Å². The number of anilines is 1. The molecule has 1 aromatic rings. The highest BCUT2D eigenvalue weighted by Crippen LogP contribution is 2.16. The lowest BCUT2D eigenvalue weighted by Crippen LogP contribution is -2.39. The van der Waals surface area contributed by atoms with Crippen molar-refractivity contribution in [1.82, 2.24) is 15.2 Å². The van der Waals surface area contributed by atoms with Crippen molar-refractivity contribution in [1.29, 1.82) is 0 Å². The van der Waals surface area contributed by atoms with Gasteiger partial charge >= 0.3 is 0 Å². The third kappa shape index (κ3) is 4.08. The summed E-state index contributed by atoms with van der Waals surface area (Å²) < 4.78 is 0. The maximum atomic E-state index is 12.2. The molecule has 1 amide bonds. The zero-order chi connectivity index (χ0) is 14.5. The van der Waals surface area contributed by atoms with Crippen molar-refractivity contribution in [2.75, 3.05) is 39.0 Å². The second-order valence-electron chi connectivity index (χ2n) is 5.29. The van der Waals surface area contributed by atoms with Crippen molar-refractivity contribution >= 4 is 23.3 Å². The highest BCUT2D eigenvalue weighted by atomic mass is 35.5. The Kier molecular flexibility index (Phi) is 5.20. The van der Waals surface area contributed by atoms with E-state index in [2.05, 4.69) is 27.6 Å². The average Bonchev–Trinajstić information content (AvgIpc) is 2.44. The van der Waals surface area contributed by atoms with E-state index in [9.17, 15) is 4.79 Å². The number of nitrogens with zero attached hydrogens (tertiary/aromatic N) is 2. The number of piperidine rings is 1. The molecule has 0 radical (unpaired) electrons. The molecule has 1 unspecified atom stereocenters. The van der Waals surface area contributed by atoms with Gasteiger partial charge in [-0.25, -0.2) is 4.98 Å². The van der Waals surface area contributed by atoms with Gasteiger partial charge in [0.15, 0.2) is 0 Å².